The van der Waals surface area contributed by atoms with Gasteiger partial charge in [-0.25, -0.2) is 9.82 Å². The number of rotatable bonds is 6. The number of ether oxygens (including phenoxy) is 2. The maximum atomic E-state index is 14.5. The number of nitrogens with zero attached hydrogens (tertiary/aromatic N) is 1. The first-order valence-electron chi connectivity index (χ1n) is 9.16. The van der Waals surface area contributed by atoms with Crippen molar-refractivity contribution in [2.75, 3.05) is 13.2 Å². The quantitative estimate of drug-likeness (QED) is 0.836. The summed E-state index contributed by atoms with van der Waals surface area (Å²) in [6.45, 7) is 6.62. The van der Waals surface area contributed by atoms with Gasteiger partial charge < -0.3 is 9.47 Å². The average molecular weight is 370 g/mol. The van der Waals surface area contributed by atoms with Crippen LogP contribution < -0.4 is 14.9 Å². The third-order valence-corrected chi connectivity index (χ3v) is 4.48. The van der Waals surface area contributed by atoms with Crippen molar-refractivity contribution >= 4 is 11.6 Å². The Hall–Kier alpha value is -2.89. The number of halogens is 1. The van der Waals surface area contributed by atoms with Crippen LogP contribution in [0.5, 0.6) is 11.5 Å². The summed E-state index contributed by atoms with van der Waals surface area (Å²) >= 11 is 0. The predicted molar refractivity (Wildman–Crippen MR) is 102 cm³/mol. The fraction of sp³-hybridized carbons (Fsp3) is 0.333. The zero-order chi connectivity index (χ0) is 19.4. The molecule has 0 aliphatic carbocycles. The summed E-state index contributed by atoms with van der Waals surface area (Å²) < 4.78 is 25.9. The molecule has 1 unspecified atom stereocenters. The molecule has 0 spiro atoms. The maximum Gasteiger partial charge on any atom is 0.247 e. The van der Waals surface area contributed by atoms with E-state index in [2.05, 4.69) is 10.5 Å². The molecule has 0 bridgehead atoms. The van der Waals surface area contributed by atoms with Crippen LogP contribution in [0.2, 0.25) is 0 Å². The third kappa shape index (κ3) is 3.65. The van der Waals surface area contributed by atoms with Crippen molar-refractivity contribution in [1.29, 1.82) is 0 Å². The molecule has 1 aliphatic rings. The molecule has 2 aromatic carbocycles. The number of hydrogen-bond donors (Lipinski definition) is 1. The molecule has 27 heavy (non-hydrogen) atoms. The van der Waals surface area contributed by atoms with Crippen LogP contribution >= 0.6 is 0 Å². The summed E-state index contributed by atoms with van der Waals surface area (Å²) in [5, 5.41) is 4.23. The van der Waals surface area contributed by atoms with Crippen LogP contribution in [-0.4, -0.2) is 24.8 Å². The number of nitrogens with one attached hydrogen (secondary N) is 1. The van der Waals surface area contributed by atoms with Crippen LogP contribution in [0, 0.1) is 5.82 Å². The molecule has 0 saturated heterocycles. The van der Waals surface area contributed by atoms with Gasteiger partial charge in [-0.1, -0.05) is 19.1 Å². The summed E-state index contributed by atoms with van der Waals surface area (Å²) in [6, 6.07) is 9.99. The molecule has 3 rings (SSSR count). The first-order valence-corrected chi connectivity index (χ1v) is 9.16. The summed E-state index contributed by atoms with van der Waals surface area (Å²) in [7, 11) is 0. The van der Waals surface area contributed by atoms with Crippen LogP contribution in [0.3, 0.4) is 0 Å². The van der Waals surface area contributed by atoms with Gasteiger partial charge in [-0.2, -0.15) is 5.10 Å². The van der Waals surface area contributed by atoms with E-state index in [0.717, 1.165) is 5.56 Å². The molecule has 0 radical (unpaired) electrons. The van der Waals surface area contributed by atoms with E-state index in [1.807, 2.05) is 26.8 Å². The number of benzene rings is 2. The minimum Gasteiger partial charge on any atom is -0.490 e. The SMILES string of the molecule is CCOc1cc2c(cc1OCC)C(CC)C(=O)NN=C2c1ccccc1F. The van der Waals surface area contributed by atoms with Crippen LogP contribution in [0.4, 0.5) is 4.39 Å². The molecule has 5 nitrogen and oxygen atoms in total. The number of hydrogen-bond acceptors (Lipinski definition) is 4. The fourth-order valence-electron chi connectivity index (χ4n) is 3.26. The van der Waals surface area contributed by atoms with E-state index in [1.165, 1.54) is 6.07 Å². The molecule has 1 aliphatic heterocycles. The minimum absolute atomic E-state index is 0.225. The van der Waals surface area contributed by atoms with Crippen molar-refractivity contribution < 1.29 is 18.7 Å². The Morgan fingerprint density at radius 2 is 1.70 bits per heavy atom. The van der Waals surface area contributed by atoms with Crippen LogP contribution in [0.1, 0.15) is 49.8 Å². The maximum absolute atomic E-state index is 14.5. The summed E-state index contributed by atoms with van der Waals surface area (Å²) in [5.74, 6) is 0.0725. The monoisotopic (exact) mass is 370 g/mol. The lowest BCUT2D eigenvalue weighted by Crippen LogP contribution is -2.23. The normalized spacial score (nSPS) is 16.1. The topological polar surface area (TPSA) is 59.9 Å². The first-order chi connectivity index (χ1) is 13.1. The molecule has 142 valence electrons. The van der Waals surface area contributed by atoms with E-state index in [-0.39, 0.29) is 5.91 Å². The van der Waals surface area contributed by atoms with Crippen molar-refractivity contribution in [2.24, 2.45) is 5.10 Å². The summed E-state index contributed by atoms with van der Waals surface area (Å²) in [4.78, 5) is 12.6. The standard InChI is InChI=1S/C21H23FN2O3/c1-4-13-15-11-18(26-5-2)19(27-6-3)12-16(15)20(23-24-21(13)25)14-9-7-8-10-17(14)22/h7-13H,4-6H2,1-3H3,(H,24,25). The fourth-order valence-corrected chi connectivity index (χ4v) is 3.26. The van der Waals surface area contributed by atoms with Gasteiger partial charge in [0.15, 0.2) is 11.5 Å². The second kappa shape index (κ2) is 8.20. The molecule has 6 heteroatoms. The third-order valence-electron chi connectivity index (χ3n) is 4.48. The lowest BCUT2D eigenvalue weighted by molar-refractivity contribution is -0.122. The zero-order valence-corrected chi connectivity index (χ0v) is 15.7. The Bertz CT molecular complexity index is 880. The Labute approximate surface area is 158 Å². The molecule has 1 amide bonds. The molecular weight excluding hydrogens is 347 g/mol. The number of hydrazone groups is 1. The minimum atomic E-state index is -0.414. The van der Waals surface area contributed by atoms with Crippen LogP contribution in [0.15, 0.2) is 41.5 Å². The van der Waals surface area contributed by atoms with Gasteiger partial charge in [0, 0.05) is 11.1 Å². The lowest BCUT2D eigenvalue weighted by Gasteiger charge is -2.19. The van der Waals surface area contributed by atoms with Gasteiger partial charge in [-0.3, -0.25) is 4.79 Å². The Morgan fingerprint density at radius 1 is 1.04 bits per heavy atom. The van der Waals surface area contributed by atoms with Crippen molar-refractivity contribution in [3.05, 3.63) is 58.9 Å². The van der Waals surface area contributed by atoms with E-state index in [1.54, 1.807) is 24.3 Å². The molecule has 1 N–H and O–H groups in total. The van der Waals surface area contributed by atoms with E-state index in [0.29, 0.717) is 48.0 Å². The largest absolute Gasteiger partial charge is 0.490 e. The first kappa shape index (κ1) is 18.9. The molecular formula is C21H23FN2O3. The van der Waals surface area contributed by atoms with Gasteiger partial charge in [0.25, 0.3) is 0 Å². The van der Waals surface area contributed by atoms with Gasteiger partial charge in [-0.05, 0) is 50.1 Å². The van der Waals surface area contributed by atoms with E-state index in [4.69, 9.17) is 9.47 Å². The van der Waals surface area contributed by atoms with Crippen molar-refractivity contribution in [2.45, 2.75) is 33.1 Å². The predicted octanol–water partition coefficient (Wildman–Crippen LogP) is 4.00. The van der Waals surface area contributed by atoms with Crippen molar-refractivity contribution in [3.8, 4) is 11.5 Å². The molecule has 1 atom stereocenters. The lowest BCUT2D eigenvalue weighted by atomic mass is 9.87. The van der Waals surface area contributed by atoms with E-state index >= 15 is 0 Å². The Balaban J connectivity index is 2.26. The summed E-state index contributed by atoms with van der Waals surface area (Å²) in [5.41, 5.74) is 4.68. The number of carbonyl (C=O) groups excluding carboxylic acids is 1. The highest BCUT2D eigenvalue weighted by Crippen LogP contribution is 2.38. The van der Waals surface area contributed by atoms with Gasteiger partial charge in [-0.15, -0.1) is 0 Å². The van der Waals surface area contributed by atoms with Crippen molar-refractivity contribution in [3.63, 3.8) is 0 Å². The number of fused-ring (bicyclic) bond motifs is 1. The summed E-state index contributed by atoms with van der Waals surface area (Å²) in [6.07, 6.45) is 0.582. The van der Waals surface area contributed by atoms with E-state index in [9.17, 15) is 9.18 Å². The van der Waals surface area contributed by atoms with Gasteiger partial charge in [0.1, 0.15) is 11.5 Å². The van der Waals surface area contributed by atoms with Gasteiger partial charge in [0.2, 0.25) is 5.91 Å². The van der Waals surface area contributed by atoms with Gasteiger partial charge in [0.05, 0.1) is 19.1 Å². The molecule has 0 aromatic heterocycles. The second-order valence-electron chi connectivity index (χ2n) is 6.13. The van der Waals surface area contributed by atoms with Crippen LogP contribution in [0.25, 0.3) is 0 Å². The van der Waals surface area contributed by atoms with Gasteiger partial charge >= 0.3 is 0 Å². The number of amides is 1. The molecule has 0 saturated carbocycles. The molecule has 1 heterocycles. The molecule has 0 fully saturated rings. The Kier molecular flexibility index (Phi) is 5.74. The number of carbonyl (C=O) groups is 1. The Morgan fingerprint density at radius 3 is 2.33 bits per heavy atom. The average Bonchev–Trinajstić information content (AvgIpc) is 2.79. The zero-order valence-electron chi connectivity index (χ0n) is 15.7. The highest BCUT2D eigenvalue weighted by Gasteiger charge is 2.30. The van der Waals surface area contributed by atoms with E-state index < -0.39 is 11.7 Å². The molecule has 2 aromatic rings. The smallest absolute Gasteiger partial charge is 0.247 e. The second-order valence-corrected chi connectivity index (χ2v) is 6.13. The van der Waals surface area contributed by atoms with Crippen molar-refractivity contribution in [1.82, 2.24) is 5.43 Å². The van der Waals surface area contributed by atoms with Crippen LogP contribution in [-0.2, 0) is 4.79 Å². The highest BCUT2D eigenvalue weighted by atomic mass is 19.1. The highest BCUT2D eigenvalue weighted by molar-refractivity contribution is 6.16.